The lowest BCUT2D eigenvalue weighted by atomic mass is 9.97. The molecular weight excluding hydrogens is 397 g/mol. The molecule has 2 aromatic carbocycles. The molecule has 5 nitrogen and oxygen atoms in total. The second kappa shape index (κ2) is 9.69. The lowest BCUT2D eigenvalue weighted by Gasteiger charge is -2.30. The number of hydrogen-bond donors (Lipinski definition) is 0. The number of piperidine rings is 1. The van der Waals surface area contributed by atoms with Gasteiger partial charge in [0.25, 0.3) is 0 Å². The van der Waals surface area contributed by atoms with Crippen LogP contribution >= 0.6 is 0 Å². The van der Waals surface area contributed by atoms with E-state index in [0.717, 1.165) is 38.4 Å². The van der Waals surface area contributed by atoms with E-state index in [9.17, 15) is 9.18 Å². The number of carbonyl (C=O) groups excluding carboxylic acids is 1. The molecule has 0 radical (unpaired) electrons. The van der Waals surface area contributed by atoms with Gasteiger partial charge in [-0.15, -0.1) is 0 Å². The highest BCUT2D eigenvalue weighted by atomic mass is 19.1. The highest BCUT2D eigenvalue weighted by Gasteiger charge is 2.27. The van der Waals surface area contributed by atoms with Crippen molar-refractivity contribution in [3.8, 4) is 11.5 Å². The summed E-state index contributed by atoms with van der Waals surface area (Å²) >= 11 is 0. The van der Waals surface area contributed by atoms with Gasteiger partial charge in [-0.3, -0.25) is 4.90 Å². The van der Waals surface area contributed by atoms with Crippen LogP contribution in [0.3, 0.4) is 0 Å². The molecule has 2 aliphatic rings. The summed E-state index contributed by atoms with van der Waals surface area (Å²) < 4.78 is 30.2. The third kappa shape index (κ3) is 5.18. The zero-order chi connectivity index (χ0) is 21.8. The number of nitrogens with zero attached hydrogens (tertiary/aromatic N) is 1. The van der Waals surface area contributed by atoms with Crippen LogP contribution in [-0.4, -0.2) is 37.7 Å². The molecule has 4 rings (SSSR count). The number of hydrogen-bond acceptors (Lipinski definition) is 5. The van der Waals surface area contributed by atoms with E-state index in [1.54, 1.807) is 6.07 Å². The average molecular weight is 428 g/mol. The molecule has 0 amide bonds. The number of ether oxygens (including phenoxy) is 3. The van der Waals surface area contributed by atoms with E-state index in [1.807, 2.05) is 0 Å². The van der Waals surface area contributed by atoms with Gasteiger partial charge in [0.2, 0.25) is 0 Å². The zero-order valence-electron chi connectivity index (χ0n) is 18.2. The summed E-state index contributed by atoms with van der Waals surface area (Å²) in [5.74, 6) is 0.164. The smallest absolute Gasteiger partial charge is 0.343 e. The molecule has 2 aromatic rings. The Morgan fingerprint density at radius 1 is 1.16 bits per heavy atom. The SMILES string of the molecule is COC(=O)COc1ccc(OC2CCc3c(CN4CCC(C)CC4)cccc32)cc1F. The molecule has 166 valence electrons. The minimum absolute atomic E-state index is 0.00251. The summed E-state index contributed by atoms with van der Waals surface area (Å²) in [6, 6.07) is 10.9. The number of rotatable bonds is 7. The molecule has 0 saturated carbocycles. The van der Waals surface area contributed by atoms with Gasteiger partial charge in [-0.25, -0.2) is 9.18 Å². The molecular formula is C25H30FNO4. The third-order valence-corrected chi connectivity index (χ3v) is 6.34. The highest BCUT2D eigenvalue weighted by Crippen LogP contribution is 2.38. The fraction of sp³-hybridized carbons (Fsp3) is 0.480. The normalized spacial score (nSPS) is 19.1. The molecule has 6 heteroatoms. The summed E-state index contributed by atoms with van der Waals surface area (Å²) in [7, 11) is 1.26. The van der Waals surface area contributed by atoms with Crippen LogP contribution in [0.4, 0.5) is 4.39 Å². The minimum Gasteiger partial charge on any atom is -0.486 e. The third-order valence-electron chi connectivity index (χ3n) is 6.34. The van der Waals surface area contributed by atoms with Gasteiger partial charge in [0.05, 0.1) is 7.11 Å². The first-order valence-electron chi connectivity index (χ1n) is 11.0. The van der Waals surface area contributed by atoms with Crippen LogP contribution in [0.2, 0.25) is 0 Å². The van der Waals surface area contributed by atoms with Crippen molar-refractivity contribution >= 4 is 5.97 Å². The van der Waals surface area contributed by atoms with Gasteiger partial charge in [-0.1, -0.05) is 25.1 Å². The topological polar surface area (TPSA) is 48.0 Å². The second-order valence-corrected chi connectivity index (χ2v) is 8.55. The average Bonchev–Trinajstić information content (AvgIpc) is 3.18. The summed E-state index contributed by atoms with van der Waals surface area (Å²) in [6.45, 7) is 5.31. The van der Waals surface area contributed by atoms with Gasteiger partial charge in [-0.2, -0.15) is 0 Å². The Morgan fingerprint density at radius 3 is 2.71 bits per heavy atom. The van der Waals surface area contributed by atoms with E-state index in [4.69, 9.17) is 9.47 Å². The van der Waals surface area contributed by atoms with Gasteiger partial charge >= 0.3 is 5.97 Å². The van der Waals surface area contributed by atoms with Crippen LogP contribution in [-0.2, 0) is 22.5 Å². The van der Waals surface area contributed by atoms with Crippen molar-refractivity contribution in [2.24, 2.45) is 5.92 Å². The number of benzene rings is 2. The molecule has 0 bridgehead atoms. The van der Waals surface area contributed by atoms with E-state index in [1.165, 1.54) is 48.8 Å². The Kier molecular flexibility index (Phi) is 6.76. The largest absolute Gasteiger partial charge is 0.486 e. The van der Waals surface area contributed by atoms with Gasteiger partial charge in [0.1, 0.15) is 11.9 Å². The maximum absolute atomic E-state index is 14.4. The molecule has 0 aromatic heterocycles. The van der Waals surface area contributed by atoms with Crippen LogP contribution in [0.15, 0.2) is 36.4 Å². The monoisotopic (exact) mass is 427 g/mol. The fourth-order valence-corrected chi connectivity index (χ4v) is 4.46. The number of fused-ring (bicyclic) bond motifs is 1. The van der Waals surface area contributed by atoms with Gasteiger partial charge in [0, 0.05) is 12.6 Å². The summed E-state index contributed by atoms with van der Waals surface area (Å²) in [5, 5.41) is 0. The maximum atomic E-state index is 14.4. The first-order chi connectivity index (χ1) is 15.0. The lowest BCUT2D eigenvalue weighted by Crippen LogP contribution is -2.32. The van der Waals surface area contributed by atoms with Gasteiger partial charge < -0.3 is 14.2 Å². The highest BCUT2D eigenvalue weighted by molar-refractivity contribution is 5.70. The second-order valence-electron chi connectivity index (χ2n) is 8.55. The van der Waals surface area contributed by atoms with E-state index in [-0.39, 0.29) is 18.5 Å². The Labute approximate surface area is 183 Å². The van der Waals surface area contributed by atoms with E-state index in [0.29, 0.717) is 5.75 Å². The molecule has 1 unspecified atom stereocenters. The standard InChI is InChI=1S/C25H30FNO4/c1-17-10-12-27(13-11-17)15-18-4-3-5-21-20(18)7-9-23(21)31-19-6-8-24(22(26)14-19)30-16-25(28)29-2/h3-6,8,14,17,23H,7,9-13,15-16H2,1-2H3. The lowest BCUT2D eigenvalue weighted by molar-refractivity contribution is -0.142. The maximum Gasteiger partial charge on any atom is 0.343 e. The number of halogens is 1. The number of esters is 1. The number of carbonyl (C=O) groups is 1. The van der Waals surface area contributed by atoms with Crippen molar-refractivity contribution in [1.82, 2.24) is 4.90 Å². The fourth-order valence-electron chi connectivity index (χ4n) is 4.46. The first kappa shape index (κ1) is 21.6. The molecule has 1 fully saturated rings. The molecule has 0 spiro atoms. The first-order valence-corrected chi connectivity index (χ1v) is 11.0. The van der Waals surface area contributed by atoms with Gasteiger partial charge in [0.15, 0.2) is 18.2 Å². The minimum atomic E-state index is -0.562. The van der Waals surface area contributed by atoms with Crippen molar-refractivity contribution in [3.63, 3.8) is 0 Å². The molecule has 0 N–H and O–H groups in total. The molecule has 1 aliphatic heterocycles. The van der Waals surface area contributed by atoms with Crippen molar-refractivity contribution in [1.29, 1.82) is 0 Å². The summed E-state index contributed by atoms with van der Waals surface area (Å²) in [4.78, 5) is 13.7. The Hall–Kier alpha value is -2.60. The molecule has 1 saturated heterocycles. The van der Waals surface area contributed by atoms with Gasteiger partial charge in [-0.05, 0) is 73.5 Å². The molecule has 1 heterocycles. The van der Waals surface area contributed by atoms with Crippen LogP contribution < -0.4 is 9.47 Å². The Bertz CT molecular complexity index is 924. The van der Waals surface area contributed by atoms with E-state index in [2.05, 4.69) is 34.8 Å². The number of methoxy groups -OCH3 is 1. The molecule has 1 atom stereocenters. The Morgan fingerprint density at radius 2 is 1.97 bits per heavy atom. The van der Waals surface area contributed by atoms with Crippen molar-refractivity contribution < 1.29 is 23.4 Å². The zero-order valence-corrected chi connectivity index (χ0v) is 18.2. The van der Waals surface area contributed by atoms with Crippen LogP contribution in [0, 0.1) is 11.7 Å². The van der Waals surface area contributed by atoms with Crippen molar-refractivity contribution in [2.45, 2.75) is 45.3 Å². The van der Waals surface area contributed by atoms with Crippen LogP contribution in [0.1, 0.15) is 49.0 Å². The van der Waals surface area contributed by atoms with Crippen molar-refractivity contribution in [2.75, 3.05) is 26.8 Å². The van der Waals surface area contributed by atoms with E-state index >= 15 is 0 Å². The Balaban J connectivity index is 1.42. The number of likely N-dealkylation sites (tertiary alicyclic amines) is 1. The quantitative estimate of drug-likeness (QED) is 0.601. The van der Waals surface area contributed by atoms with Crippen LogP contribution in [0.25, 0.3) is 0 Å². The predicted molar refractivity (Wildman–Crippen MR) is 116 cm³/mol. The summed E-state index contributed by atoms with van der Waals surface area (Å²) in [5.41, 5.74) is 3.97. The predicted octanol–water partition coefficient (Wildman–Crippen LogP) is 4.68. The van der Waals surface area contributed by atoms with Crippen molar-refractivity contribution in [3.05, 3.63) is 58.9 Å². The molecule has 1 aliphatic carbocycles. The van der Waals surface area contributed by atoms with E-state index < -0.39 is 11.8 Å². The van der Waals surface area contributed by atoms with Crippen LogP contribution in [0.5, 0.6) is 11.5 Å². The molecule has 31 heavy (non-hydrogen) atoms. The summed E-state index contributed by atoms with van der Waals surface area (Å²) in [6.07, 6.45) is 4.31.